The van der Waals surface area contributed by atoms with Crippen molar-refractivity contribution in [2.24, 2.45) is 0 Å². The minimum atomic E-state index is 0.433. The highest BCUT2D eigenvalue weighted by atomic mass is 16.3. The summed E-state index contributed by atoms with van der Waals surface area (Å²) in [6, 6.07) is 8.44. The molecule has 1 atom stereocenters. The van der Waals surface area contributed by atoms with Gasteiger partial charge in [-0.1, -0.05) is 18.2 Å². The highest BCUT2D eigenvalue weighted by Crippen LogP contribution is 2.24. The van der Waals surface area contributed by atoms with Crippen LogP contribution in [0.5, 0.6) is 5.75 Å². The lowest BCUT2D eigenvalue weighted by Crippen LogP contribution is -2.35. The summed E-state index contributed by atoms with van der Waals surface area (Å²) in [5, 5.41) is 9.81. The molecule has 2 heterocycles. The molecule has 3 nitrogen and oxygen atoms in total. The molecule has 1 unspecified atom stereocenters. The summed E-state index contributed by atoms with van der Waals surface area (Å²) < 4.78 is 0. The number of nitrogens with zero attached hydrogens (tertiary/aromatic N) is 2. The minimum absolute atomic E-state index is 0.433. The molecule has 0 aromatic heterocycles. The Hall–Kier alpha value is -1.06. The number of rotatable bonds is 3. The van der Waals surface area contributed by atoms with Gasteiger partial charge in [0.2, 0.25) is 0 Å². The molecule has 1 N–H and O–H groups in total. The van der Waals surface area contributed by atoms with Gasteiger partial charge in [-0.15, -0.1) is 0 Å². The minimum Gasteiger partial charge on any atom is -0.508 e. The van der Waals surface area contributed by atoms with Crippen molar-refractivity contribution >= 4 is 0 Å². The second kappa shape index (κ2) is 5.29. The molecule has 0 amide bonds. The van der Waals surface area contributed by atoms with Crippen molar-refractivity contribution in [1.82, 2.24) is 9.80 Å². The molecule has 2 fully saturated rings. The van der Waals surface area contributed by atoms with Crippen LogP contribution in [0.4, 0.5) is 0 Å². The van der Waals surface area contributed by atoms with Gasteiger partial charge in [0.15, 0.2) is 0 Å². The number of likely N-dealkylation sites (tertiary alicyclic amines) is 2. The van der Waals surface area contributed by atoms with Crippen LogP contribution in [-0.4, -0.2) is 47.1 Å². The zero-order chi connectivity index (χ0) is 12.4. The van der Waals surface area contributed by atoms with Gasteiger partial charge in [-0.25, -0.2) is 0 Å². The van der Waals surface area contributed by atoms with Crippen molar-refractivity contribution in [1.29, 1.82) is 0 Å². The van der Waals surface area contributed by atoms with E-state index in [-0.39, 0.29) is 0 Å². The molecule has 1 aromatic rings. The van der Waals surface area contributed by atoms with Gasteiger partial charge in [-0.05, 0) is 38.4 Å². The maximum Gasteiger partial charge on any atom is 0.120 e. The molecule has 0 saturated carbocycles. The summed E-state index contributed by atoms with van der Waals surface area (Å²) in [7, 11) is 0. The van der Waals surface area contributed by atoms with Crippen molar-refractivity contribution in [3.8, 4) is 5.75 Å². The summed E-state index contributed by atoms with van der Waals surface area (Å²) in [4.78, 5) is 5.11. The highest BCUT2D eigenvalue weighted by molar-refractivity contribution is 5.31. The van der Waals surface area contributed by atoms with Crippen molar-refractivity contribution < 1.29 is 5.11 Å². The van der Waals surface area contributed by atoms with E-state index in [1.54, 1.807) is 6.07 Å². The Bertz CT molecular complexity index is 401. The third-order valence-corrected chi connectivity index (χ3v) is 4.29. The van der Waals surface area contributed by atoms with E-state index in [2.05, 4.69) is 9.80 Å². The lowest BCUT2D eigenvalue weighted by Gasteiger charge is -2.23. The Labute approximate surface area is 109 Å². The van der Waals surface area contributed by atoms with Gasteiger partial charge in [-0.2, -0.15) is 0 Å². The van der Waals surface area contributed by atoms with Crippen LogP contribution in [0.3, 0.4) is 0 Å². The van der Waals surface area contributed by atoms with E-state index < -0.39 is 0 Å². The summed E-state index contributed by atoms with van der Waals surface area (Å²) in [5.41, 5.74) is 1.06. The first-order valence-electron chi connectivity index (χ1n) is 7.06. The molecule has 2 aliphatic heterocycles. The van der Waals surface area contributed by atoms with E-state index in [0.29, 0.717) is 5.75 Å². The quantitative estimate of drug-likeness (QED) is 0.884. The number of aromatic hydroxyl groups is 1. The Morgan fingerprint density at radius 2 is 1.89 bits per heavy atom. The molecule has 2 aliphatic rings. The van der Waals surface area contributed by atoms with E-state index >= 15 is 0 Å². The molecular formula is C15H22N2O. The van der Waals surface area contributed by atoms with Crippen molar-refractivity contribution in [3.63, 3.8) is 0 Å². The van der Waals surface area contributed by atoms with Crippen LogP contribution in [0.25, 0.3) is 0 Å². The molecule has 0 aliphatic carbocycles. The maximum atomic E-state index is 9.81. The summed E-state index contributed by atoms with van der Waals surface area (Å²) in [6.07, 6.45) is 4.03. The smallest absolute Gasteiger partial charge is 0.120 e. The third kappa shape index (κ3) is 2.52. The van der Waals surface area contributed by atoms with Gasteiger partial charge in [0.1, 0.15) is 5.75 Å². The number of phenols is 1. The topological polar surface area (TPSA) is 26.7 Å². The first-order valence-corrected chi connectivity index (χ1v) is 7.06. The fourth-order valence-electron chi connectivity index (χ4n) is 3.25. The molecule has 0 radical (unpaired) electrons. The fraction of sp³-hybridized carbons (Fsp3) is 0.600. The zero-order valence-corrected chi connectivity index (χ0v) is 10.9. The molecular weight excluding hydrogens is 224 g/mol. The lowest BCUT2D eigenvalue weighted by atomic mass is 10.2. The maximum absolute atomic E-state index is 9.81. The average molecular weight is 246 g/mol. The van der Waals surface area contributed by atoms with E-state index in [1.807, 2.05) is 18.2 Å². The van der Waals surface area contributed by atoms with Crippen LogP contribution >= 0.6 is 0 Å². The van der Waals surface area contributed by atoms with Gasteiger partial charge in [0, 0.05) is 31.2 Å². The fourth-order valence-corrected chi connectivity index (χ4v) is 3.25. The number of benzene rings is 1. The van der Waals surface area contributed by atoms with E-state index in [9.17, 15) is 5.11 Å². The molecule has 2 saturated heterocycles. The summed E-state index contributed by atoms with van der Waals surface area (Å²) in [6.45, 7) is 5.78. The number of phenolic OH excluding ortho intramolecular Hbond substituents is 1. The van der Waals surface area contributed by atoms with Gasteiger partial charge in [0.25, 0.3) is 0 Å². The summed E-state index contributed by atoms with van der Waals surface area (Å²) in [5.74, 6) is 0.433. The van der Waals surface area contributed by atoms with Crippen LogP contribution < -0.4 is 0 Å². The third-order valence-electron chi connectivity index (χ3n) is 4.29. The average Bonchev–Trinajstić information content (AvgIpc) is 3.02. The van der Waals surface area contributed by atoms with Gasteiger partial charge < -0.3 is 5.11 Å². The van der Waals surface area contributed by atoms with Gasteiger partial charge in [-0.3, -0.25) is 9.80 Å². The SMILES string of the molecule is Oc1ccccc1CN1CCC(N2CCCC2)C1. The molecule has 0 spiro atoms. The van der Waals surface area contributed by atoms with Crippen LogP contribution in [0.1, 0.15) is 24.8 Å². The zero-order valence-electron chi connectivity index (χ0n) is 10.9. The van der Waals surface area contributed by atoms with Crippen LogP contribution in [-0.2, 0) is 6.54 Å². The Morgan fingerprint density at radius 3 is 2.67 bits per heavy atom. The monoisotopic (exact) mass is 246 g/mol. The second-order valence-corrected chi connectivity index (χ2v) is 5.55. The molecule has 3 heteroatoms. The van der Waals surface area contributed by atoms with Gasteiger partial charge >= 0.3 is 0 Å². The summed E-state index contributed by atoms with van der Waals surface area (Å²) >= 11 is 0. The van der Waals surface area contributed by atoms with Crippen molar-refractivity contribution in [2.45, 2.75) is 31.8 Å². The Kier molecular flexibility index (Phi) is 3.52. The second-order valence-electron chi connectivity index (χ2n) is 5.55. The van der Waals surface area contributed by atoms with Crippen LogP contribution in [0, 0.1) is 0 Å². The Morgan fingerprint density at radius 1 is 1.11 bits per heavy atom. The van der Waals surface area contributed by atoms with Gasteiger partial charge in [0.05, 0.1) is 0 Å². The normalized spacial score (nSPS) is 25.9. The van der Waals surface area contributed by atoms with E-state index in [1.165, 1.54) is 32.4 Å². The lowest BCUT2D eigenvalue weighted by molar-refractivity contribution is 0.229. The van der Waals surface area contributed by atoms with E-state index in [0.717, 1.165) is 31.2 Å². The number of hydrogen-bond acceptors (Lipinski definition) is 3. The molecule has 98 valence electrons. The number of para-hydroxylation sites is 1. The van der Waals surface area contributed by atoms with E-state index in [4.69, 9.17) is 0 Å². The largest absolute Gasteiger partial charge is 0.508 e. The first kappa shape index (κ1) is 12.0. The predicted octanol–water partition coefficient (Wildman–Crippen LogP) is 2.06. The van der Waals surface area contributed by atoms with Crippen molar-refractivity contribution in [3.05, 3.63) is 29.8 Å². The van der Waals surface area contributed by atoms with Crippen molar-refractivity contribution in [2.75, 3.05) is 26.2 Å². The molecule has 3 rings (SSSR count). The highest BCUT2D eigenvalue weighted by Gasteiger charge is 2.29. The van der Waals surface area contributed by atoms with Crippen LogP contribution in [0.15, 0.2) is 24.3 Å². The number of hydrogen-bond donors (Lipinski definition) is 1. The first-order chi connectivity index (χ1) is 8.83. The van der Waals surface area contributed by atoms with Crippen LogP contribution in [0.2, 0.25) is 0 Å². The Balaban J connectivity index is 1.57. The molecule has 0 bridgehead atoms. The molecule has 18 heavy (non-hydrogen) atoms. The standard InChI is InChI=1S/C15H22N2O/c18-15-6-2-1-5-13(15)11-16-10-7-14(12-16)17-8-3-4-9-17/h1-2,5-6,14,18H,3-4,7-12H2. The predicted molar refractivity (Wildman–Crippen MR) is 72.6 cm³/mol. The molecule has 1 aromatic carbocycles.